The number of furan rings is 1. The Morgan fingerprint density at radius 1 is 1.20 bits per heavy atom. The zero-order valence-electron chi connectivity index (χ0n) is 16.5. The third-order valence-corrected chi connectivity index (χ3v) is 5.66. The first kappa shape index (κ1) is 18.4. The maximum absolute atomic E-state index is 13.0. The van der Waals surface area contributed by atoms with Crippen LogP contribution in [0.1, 0.15) is 33.3 Å². The summed E-state index contributed by atoms with van der Waals surface area (Å²) < 4.78 is 5.26. The highest BCUT2D eigenvalue weighted by Gasteiger charge is 2.44. The van der Waals surface area contributed by atoms with Crippen molar-refractivity contribution in [3.05, 3.63) is 83.3 Å². The highest BCUT2D eigenvalue weighted by atomic mass is 16.3. The number of benzene rings is 2. The van der Waals surface area contributed by atoms with Crippen molar-refractivity contribution in [1.82, 2.24) is 10.7 Å². The summed E-state index contributed by atoms with van der Waals surface area (Å²) in [6, 6.07) is 16.8. The largest absolute Gasteiger partial charge is 0.467 e. The monoisotopic (exact) mass is 402 g/mol. The van der Waals surface area contributed by atoms with Gasteiger partial charge in [-0.3, -0.25) is 9.59 Å². The molecule has 0 spiro atoms. The summed E-state index contributed by atoms with van der Waals surface area (Å²) in [4.78, 5) is 25.7. The molecule has 30 heavy (non-hydrogen) atoms. The molecule has 3 N–H and O–H groups in total. The van der Waals surface area contributed by atoms with Crippen molar-refractivity contribution >= 4 is 23.2 Å². The number of fused-ring (bicyclic) bond motifs is 3. The van der Waals surface area contributed by atoms with Crippen molar-refractivity contribution in [3.8, 4) is 0 Å². The van der Waals surface area contributed by atoms with Gasteiger partial charge in [0.2, 0.25) is 5.91 Å². The van der Waals surface area contributed by atoms with E-state index in [1.54, 1.807) is 23.4 Å². The first-order valence-electron chi connectivity index (χ1n) is 9.95. The second-order valence-corrected chi connectivity index (χ2v) is 7.67. The Hall–Kier alpha value is -3.58. The number of hydrogen-bond acceptors (Lipinski definition) is 5. The topological polar surface area (TPSA) is 86.6 Å². The minimum atomic E-state index is -0.236. The van der Waals surface area contributed by atoms with E-state index in [1.807, 2.05) is 49.4 Å². The van der Waals surface area contributed by atoms with Gasteiger partial charge in [-0.2, -0.15) is 0 Å². The molecule has 1 saturated heterocycles. The summed E-state index contributed by atoms with van der Waals surface area (Å²) in [5.41, 5.74) is 7.70. The van der Waals surface area contributed by atoms with Crippen LogP contribution in [0.15, 0.2) is 65.3 Å². The second kappa shape index (κ2) is 7.35. The number of hydrazine groups is 1. The molecule has 0 aliphatic carbocycles. The number of nitrogens with one attached hydrogen (secondary N) is 3. The molecule has 2 unspecified atom stereocenters. The van der Waals surface area contributed by atoms with E-state index in [9.17, 15) is 9.59 Å². The summed E-state index contributed by atoms with van der Waals surface area (Å²) in [6.45, 7) is 2.89. The Morgan fingerprint density at radius 2 is 2.03 bits per heavy atom. The molecular formula is C23H22N4O3. The minimum absolute atomic E-state index is 0.0228. The van der Waals surface area contributed by atoms with Gasteiger partial charge < -0.3 is 15.1 Å². The van der Waals surface area contributed by atoms with Crippen LogP contribution in [0.4, 0.5) is 11.4 Å². The van der Waals surface area contributed by atoms with Gasteiger partial charge in [-0.15, -0.1) is 0 Å². The number of anilines is 2. The van der Waals surface area contributed by atoms with E-state index in [1.165, 1.54) is 0 Å². The molecule has 2 amide bonds. The number of amides is 2. The molecular weight excluding hydrogens is 380 g/mol. The first-order chi connectivity index (χ1) is 14.6. The zero-order chi connectivity index (χ0) is 20.7. The number of rotatable bonds is 4. The van der Waals surface area contributed by atoms with Crippen LogP contribution in [0.2, 0.25) is 0 Å². The molecule has 0 saturated carbocycles. The number of hydrogen-bond donors (Lipinski definition) is 3. The third kappa shape index (κ3) is 3.23. The van der Waals surface area contributed by atoms with E-state index in [4.69, 9.17) is 4.42 Å². The fourth-order valence-corrected chi connectivity index (χ4v) is 4.01. The Labute approximate surface area is 174 Å². The molecule has 1 aromatic heterocycles. The van der Waals surface area contributed by atoms with Gasteiger partial charge in [0, 0.05) is 17.8 Å². The fraction of sp³-hybridized carbons (Fsp3) is 0.217. The molecule has 5 rings (SSSR count). The van der Waals surface area contributed by atoms with E-state index in [0.29, 0.717) is 24.4 Å². The average Bonchev–Trinajstić information content (AvgIpc) is 3.40. The lowest BCUT2D eigenvalue weighted by molar-refractivity contribution is -0.120. The van der Waals surface area contributed by atoms with Crippen LogP contribution in [0.5, 0.6) is 0 Å². The second-order valence-electron chi connectivity index (χ2n) is 7.67. The van der Waals surface area contributed by atoms with Crippen molar-refractivity contribution in [2.24, 2.45) is 5.92 Å². The SMILES string of the molecule is Cc1ccc(N2NC3c4cc(C(=O)NCc5ccco5)ccc4NCC3C2=O)cc1. The third-order valence-electron chi connectivity index (χ3n) is 5.66. The van der Waals surface area contributed by atoms with Crippen molar-refractivity contribution in [2.45, 2.75) is 19.5 Å². The molecule has 0 radical (unpaired) electrons. The average molecular weight is 402 g/mol. The van der Waals surface area contributed by atoms with E-state index in [-0.39, 0.29) is 23.8 Å². The standard InChI is InChI=1S/C23H22N4O3/c1-14-4-7-16(8-5-14)27-23(29)19-13-24-20-9-6-15(11-18(20)21(19)26-27)22(28)25-12-17-3-2-10-30-17/h2-11,19,21,24,26H,12-13H2,1H3,(H,25,28). The van der Waals surface area contributed by atoms with E-state index >= 15 is 0 Å². The fourth-order valence-electron chi connectivity index (χ4n) is 4.01. The molecule has 3 aromatic rings. The lowest BCUT2D eigenvalue weighted by Crippen LogP contribution is -2.35. The predicted molar refractivity (Wildman–Crippen MR) is 113 cm³/mol. The van der Waals surface area contributed by atoms with Gasteiger partial charge in [-0.05, 0) is 55.0 Å². The van der Waals surface area contributed by atoms with Gasteiger partial charge in [-0.1, -0.05) is 17.7 Å². The molecule has 0 bridgehead atoms. The van der Waals surface area contributed by atoms with Crippen LogP contribution >= 0.6 is 0 Å². The molecule has 1 fully saturated rings. The van der Waals surface area contributed by atoms with Crippen molar-refractivity contribution in [3.63, 3.8) is 0 Å². The summed E-state index contributed by atoms with van der Waals surface area (Å²) in [7, 11) is 0. The predicted octanol–water partition coefficient (Wildman–Crippen LogP) is 3.15. The van der Waals surface area contributed by atoms with Crippen LogP contribution in [0.3, 0.4) is 0 Å². The zero-order valence-corrected chi connectivity index (χ0v) is 16.5. The molecule has 7 heteroatoms. The molecule has 2 aliphatic heterocycles. The van der Waals surface area contributed by atoms with Gasteiger partial charge in [0.25, 0.3) is 5.91 Å². The van der Waals surface area contributed by atoms with Crippen molar-refractivity contribution in [1.29, 1.82) is 0 Å². The van der Waals surface area contributed by atoms with E-state index in [2.05, 4.69) is 16.1 Å². The summed E-state index contributed by atoms with van der Waals surface area (Å²) >= 11 is 0. The summed E-state index contributed by atoms with van der Waals surface area (Å²) in [5.74, 6) is 0.297. The van der Waals surface area contributed by atoms with Crippen molar-refractivity contribution in [2.75, 3.05) is 16.9 Å². The van der Waals surface area contributed by atoms with Crippen LogP contribution in [0, 0.1) is 12.8 Å². The van der Waals surface area contributed by atoms with Gasteiger partial charge in [0.1, 0.15) is 5.76 Å². The Kier molecular flexibility index (Phi) is 4.52. The maximum atomic E-state index is 13.0. The quantitative estimate of drug-likeness (QED) is 0.624. The normalized spacial score (nSPS) is 19.8. The summed E-state index contributed by atoms with van der Waals surface area (Å²) in [6.07, 6.45) is 1.58. The minimum Gasteiger partial charge on any atom is -0.467 e. The van der Waals surface area contributed by atoms with Crippen LogP contribution in [-0.2, 0) is 11.3 Å². The Morgan fingerprint density at radius 3 is 2.80 bits per heavy atom. The highest BCUT2D eigenvalue weighted by Crippen LogP contribution is 2.39. The van der Waals surface area contributed by atoms with Crippen LogP contribution < -0.4 is 21.1 Å². The van der Waals surface area contributed by atoms with Gasteiger partial charge in [-0.25, -0.2) is 10.4 Å². The molecule has 2 atom stereocenters. The van der Waals surface area contributed by atoms with Gasteiger partial charge >= 0.3 is 0 Å². The smallest absolute Gasteiger partial charge is 0.251 e. The Balaban J connectivity index is 1.39. The molecule has 2 aromatic carbocycles. The van der Waals surface area contributed by atoms with Crippen molar-refractivity contribution < 1.29 is 14.0 Å². The van der Waals surface area contributed by atoms with E-state index < -0.39 is 0 Å². The lowest BCUT2D eigenvalue weighted by Gasteiger charge is -2.27. The Bertz CT molecular complexity index is 1090. The first-order valence-corrected chi connectivity index (χ1v) is 9.95. The lowest BCUT2D eigenvalue weighted by atomic mass is 9.88. The molecule has 2 aliphatic rings. The van der Waals surface area contributed by atoms with Crippen LogP contribution in [-0.4, -0.2) is 18.4 Å². The van der Waals surface area contributed by atoms with Gasteiger partial charge in [0.15, 0.2) is 0 Å². The molecule has 3 heterocycles. The molecule has 152 valence electrons. The number of carbonyl (C=O) groups is 2. The molecule has 7 nitrogen and oxygen atoms in total. The number of aryl methyl sites for hydroxylation is 1. The van der Waals surface area contributed by atoms with Crippen LogP contribution in [0.25, 0.3) is 0 Å². The highest BCUT2D eigenvalue weighted by molar-refractivity contribution is 5.99. The number of carbonyl (C=O) groups excluding carboxylic acids is 2. The van der Waals surface area contributed by atoms with E-state index in [0.717, 1.165) is 22.5 Å². The van der Waals surface area contributed by atoms with Gasteiger partial charge in [0.05, 0.1) is 30.5 Å². The summed E-state index contributed by atoms with van der Waals surface area (Å²) in [5, 5.41) is 7.82. The maximum Gasteiger partial charge on any atom is 0.251 e. The number of nitrogens with zero attached hydrogens (tertiary/aromatic N) is 1.